The van der Waals surface area contributed by atoms with Crippen LogP contribution in [0.3, 0.4) is 0 Å². The number of hydrogen-bond acceptors (Lipinski definition) is 4. The van der Waals surface area contributed by atoms with Gasteiger partial charge in [0.25, 0.3) is 0 Å². The van der Waals surface area contributed by atoms with Crippen LogP contribution >= 0.6 is 0 Å². The first kappa shape index (κ1) is 13.6. The van der Waals surface area contributed by atoms with E-state index in [9.17, 15) is 4.79 Å². The van der Waals surface area contributed by atoms with Crippen LogP contribution in [-0.2, 0) is 4.74 Å². The van der Waals surface area contributed by atoms with E-state index in [2.05, 4.69) is 15.5 Å². The molecule has 0 aromatic heterocycles. The maximum Gasteiger partial charge on any atom is 0.317 e. The average molecular weight is 256 g/mol. The van der Waals surface area contributed by atoms with Gasteiger partial charge in [-0.15, -0.1) is 0 Å². The molecule has 2 heterocycles. The van der Waals surface area contributed by atoms with Crippen LogP contribution in [0.4, 0.5) is 4.79 Å². The van der Waals surface area contributed by atoms with E-state index in [1.807, 2.05) is 4.90 Å². The van der Waals surface area contributed by atoms with Crippen LogP contribution in [-0.4, -0.2) is 81.4 Å². The van der Waals surface area contributed by atoms with E-state index in [0.717, 1.165) is 72.0 Å². The van der Waals surface area contributed by atoms with Gasteiger partial charge >= 0.3 is 6.03 Å². The zero-order valence-corrected chi connectivity index (χ0v) is 11.0. The number of urea groups is 1. The minimum absolute atomic E-state index is 0.0742. The molecule has 0 aliphatic carbocycles. The number of morpholine rings is 1. The van der Waals surface area contributed by atoms with Crippen molar-refractivity contribution in [3.05, 3.63) is 0 Å². The summed E-state index contributed by atoms with van der Waals surface area (Å²) in [6.45, 7) is 9.36. The van der Waals surface area contributed by atoms with Gasteiger partial charge in [-0.05, 0) is 19.5 Å². The minimum Gasteiger partial charge on any atom is -0.379 e. The Bertz CT molecular complexity index is 256. The van der Waals surface area contributed by atoms with Crippen molar-refractivity contribution >= 4 is 6.03 Å². The molecule has 2 aliphatic rings. The molecule has 0 spiro atoms. The quantitative estimate of drug-likeness (QED) is 0.593. The monoisotopic (exact) mass is 256 g/mol. The molecule has 0 radical (unpaired) electrons. The van der Waals surface area contributed by atoms with E-state index in [1.54, 1.807) is 0 Å². The summed E-state index contributed by atoms with van der Waals surface area (Å²) in [5.74, 6) is 0. The largest absolute Gasteiger partial charge is 0.379 e. The summed E-state index contributed by atoms with van der Waals surface area (Å²) in [6.07, 6.45) is 1.16. The predicted molar refractivity (Wildman–Crippen MR) is 69.7 cm³/mol. The molecule has 18 heavy (non-hydrogen) atoms. The van der Waals surface area contributed by atoms with Crippen molar-refractivity contribution in [2.45, 2.75) is 6.42 Å². The number of amides is 2. The predicted octanol–water partition coefficient (Wildman–Crippen LogP) is -0.676. The molecule has 0 aromatic carbocycles. The summed E-state index contributed by atoms with van der Waals surface area (Å²) < 4.78 is 5.31. The Kier molecular flexibility index (Phi) is 5.70. The van der Waals surface area contributed by atoms with E-state index >= 15 is 0 Å². The van der Waals surface area contributed by atoms with Crippen LogP contribution in [0.5, 0.6) is 0 Å². The second kappa shape index (κ2) is 7.56. The van der Waals surface area contributed by atoms with Gasteiger partial charge in [-0.2, -0.15) is 0 Å². The standard InChI is InChI=1S/C12H24N4O2/c17-12-14-4-7-16(12)6-3-13-2-1-5-15-8-10-18-11-9-15/h13H,1-11H2,(H,14,17). The lowest BCUT2D eigenvalue weighted by Gasteiger charge is -2.26. The number of carbonyl (C=O) groups excluding carboxylic acids is 1. The Balaban J connectivity index is 1.42. The van der Waals surface area contributed by atoms with Gasteiger partial charge in [-0.1, -0.05) is 0 Å². The molecule has 0 atom stereocenters. The van der Waals surface area contributed by atoms with Crippen molar-refractivity contribution in [2.24, 2.45) is 0 Å². The molecule has 0 unspecified atom stereocenters. The highest BCUT2D eigenvalue weighted by Crippen LogP contribution is 1.97. The summed E-state index contributed by atoms with van der Waals surface area (Å²) in [4.78, 5) is 15.6. The van der Waals surface area contributed by atoms with Crippen molar-refractivity contribution in [2.75, 3.05) is 65.6 Å². The van der Waals surface area contributed by atoms with Gasteiger partial charge < -0.3 is 20.3 Å². The second-order valence-electron chi connectivity index (χ2n) is 4.78. The lowest BCUT2D eigenvalue weighted by molar-refractivity contribution is 0.0374. The summed E-state index contributed by atoms with van der Waals surface area (Å²) in [7, 11) is 0. The third kappa shape index (κ3) is 4.44. The number of nitrogens with one attached hydrogen (secondary N) is 2. The Hall–Kier alpha value is -0.850. The summed E-state index contributed by atoms with van der Waals surface area (Å²) in [5.41, 5.74) is 0. The first-order valence-electron chi connectivity index (χ1n) is 6.90. The zero-order chi connectivity index (χ0) is 12.6. The van der Waals surface area contributed by atoms with E-state index in [4.69, 9.17) is 4.74 Å². The SMILES string of the molecule is O=C1NCCN1CCNCCCN1CCOCC1. The summed E-state index contributed by atoms with van der Waals surface area (Å²) in [6, 6.07) is 0.0742. The molecule has 2 aliphatic heterocycles. The van der Waals surface area contributed by atoms with E-state index < -0.39 is 0 Å². The summed E-state index contributed by atoms with van der Waals surface area (Å²) in [5, 5.41) is 6.20. The maximum atomic E-state index is 11.3. The highest BCUT2D eigenvalue weighted by molar-refractivity contribution is 5.76. The van der Waals surface area contributed by atoms with Crippen molar-refractivity contribution < 1.29 is 9.53 Å². The molecule has 2 N–H and O–H groups in total. The van der Waals surface area contributed by atoms with Crippen molar-refractivity contribution in [1.82, 2.24) is 20.4 Å². The fraction of sp³-hybridized carbons (Fsp3) is 0.917. The second-order valence-corrected chi connectivity index (χ2v) is 4.78. The Morgan fingerprint density at radius 3 is 2.72 bits per heavy atom. The van der Waals surface area contributed by atoms with E-state index in [0.29, 0.717) is 0 Å². The Labute approximate surface area is 109 Å². The molecule has 2 rings (SSSR count). The smallest absolute Gasteiger partial charge is 0.317 e. The van der Waals surface area contributed by atoms with Gasteiger partial charge in [0.1, 0.15) is 0 Å². The van der Waals surface area contributed by atoms with Gasteiger partial charge in [0.05, 0.1) is 13.2 Å². The molecule has 104 valence electrons. The number of rotatable bonds is 7. The fourth-order valence-electron chi connectivity index (χ4n) is 2.32. The molecule has 2 amide bonds. The van der Waals surface area contributed by atoms with Crippen LogP contribution in [0.2, 0.25) is 0 Å². The molecule has 6 heteroatoms. The fourth-order valence-corrected chi connectivity index (χ4v) is 2.32. The third-order valence-corrected chi connectivity index (χ3v) is 3.44. The topological polar surface area (TPSA) is 56.8 Å². The Morgan fingerprint density at radius 2 is 2.00 bits per heavy atom. The third-order valence-electron chi connectivity index (χ3n) is 3.44. The van der Waals surface area contributed by atoms with Gasteiger partial charge in [0.15, 0.2) is 0 Å². The van der Waals surface area contributed by atoms with Crippen molar-refractivity contribution in [3.63, 3.8) is 0 Å². The van der Waals surface area contributed by atoms with E-state index in [1.165, 1.54) is 0 Å². The minimum atomic E-state index is 0.0742. The number of hydrogen-bond donors (Lipinski definition) is 2. The molecule has 6 nitrogen and oxygen atoms in total. The Morgan fingerprint density at radius 1 is 1.17 bits per heavy atom. The highest BCUT2D eigenvalue weighted by atomic mass is 16.5. The van der Waals surface area contributed by atoms with Crippen LogP contribution in [0.15, 0.2) is 0 Å². The normalized spacial score (nSPS) is 21.3. The average Bonchev–Trinajstić information content (AvgIpc) is 2.81. The molecular formula is C12H24N4O2. The number of carbonyl (C=O) groups is 1. The molecule has 0 saturated carbocycles. The number of nitrogens with zero attached hydrogens (tertiary/aromatic N) is 2. The highest BCUT2D eigenvalue weighted by Gasteiger charge is 2.17. The lowest BCUT2D eigenvalue weighted by atomic mass is 10.3. The van der Waals surface area contributed by atoms with Gasteiger partial charge in [0.2, 0.25) is 0 Å². The number of ether oxygens (including phenoxy) is 1. The molecule has 2 saturated heterocycles. The van der Waals surface area contributed by atoms with Gasteiger partial charge in [0, 0.05) is 39.3 Å². The molecule has 0 aromatic rings. The summed E-state index contributed by atoms with van der Waals surface area (Å²) >= 11 is 0. The zero-order valence-electron chi connectivity index (χ0n) is 11.0. The van der Waals surface area contributed by atoms with Gasteiger partial charge in [-0.3, -0.25) is 4.90 Å². The van der Waals surface area contributed by atoms with Crippen LogP contribution in [0.1, 0.15) is 6.42 Å². The lowest BCUT2D eigenvalue weighted by Crippen LogP contribution is -2.38. The van der Waals surface area contributed by atoms with Gasteiger partial charge in [-0.25, -0.2) is 4.79 Å². The maximum absolute atomic E-state index is 11.3. The van der Waals surface area contributed by atoms with Crippen molar-refractivity contribution in [1.29, 1.82) is 0 Å². The van der Waals surface area contributed by atoms with Crippen LogP contribution < -0.4 is 10.6 Å². The first-order valence-corrected chi connectivity index (χ1v) is 6.90. The molecular weight excluding hydrogens is 232 g/mol. The first-order chi connectivity index (χ1) is 8.86. The van der Waals surface area contributed by atoms with Crippen molar-refractivity contribution in [3.8, 4) is 0 Å². The van der Waals surface area contributed by atoms with Crippen LogP contribution in [0.25, 0.3) is 0 Å². The van der Waals surface area contributed by atoms with E-state index in [-0.39, 0.29) is 6.03 Å². The van der Waals surface area contributed by atoms with Crippen LogP contribution in [0, 0.1) is 0 Å². The molecule has 0 bridgehead atoms. The molecule has 2 fully saturated rings.